The molecular formula is C6H10ClNO2. The van der Waals surface area contributed by atoms with Gasteiger partial charge < -0.3 is 0 Å². The van der Waals surface area contributed by atoms with Crippen LogP contribution >= 0.6 is 11.6 Å². The van der Waals surface area contributed by atoms with Gasteiger partial charge >= 0.3 is 0 Å². The van der Waals surface area contributed by atoms with Crippen LogP contribution in [-0.2, 0) is 0 Å². The molecule has 0 unspecified atom stereocenters. The molecule has 0 aromatic heterocycles. The van der Waals surface area contributed by atoms with Crippen molar-refractivity contribution < 1.29 is 4.92 Å². The van der Waals surface area contributed by atoms with E-state index < -0.39 is 0 Å². The molecule has 0 N–H and O–H groups in total. The maximum absolute atomic E-state index is 10.2. The Kier molecular flexibility index (Phi) is 2.49. The smallest absolute Gasteiger partial charge is 0.213 e. The minimum atomic E-state index is -0.324. The number of nitrogens with zero attached hydrogens (tertiary/aromatic N) is 1. The van der Waals surface area contributed by atoms with E-state index in [2.05, 4.69) is 0 Å². The third-order valence-electron chi connectivity index (χ3n) is 1.92. The van der Waals surface area contributed by atoms with E-state index in [1.165, 1.54) is 0 Å². The van der Waals surface area contributed by atoms with Gasteiger partial charge in [-0.05, 0) is 12.8 Å². The zero-order chi connectivity index (χ0) is 7.56. The Labute approximate surface area is 64.5 Å². The van der Waals surface area contributed by atoms with Crippen LogP contribution in [0.1, 0.15) is 25.7 Å². The molecule has 0 bridgehead atoms. The molecule has 1 rings (SSSR count). The van der Waals surface area contributed by atoms with E-state index in [0.717, 1.165) is 12.8 Å². The first-order valence-electron chi connectivity index (χ1n) is 3.47. The molecule has 0 aliphatic heterocycles. The van der Waals surface area contributed by atoms with E-state index >= 15 is 0 Å². The third-order valence-corrected chi connectivity index (χ3v) is 2.36. The molecule has 58 valence electrons. The maximum atomic E-state index is 10.2. The van der Waals surface area contributed by atoms with Crippen molar-refractivity contribution in [2.75, 3.05) is 0 Å². The molecule has 0 radical (unpaired) electrons. The van der Waals surface area contributed by atoms with Crippen molar-refractivity contribution in [2.24, 2.45) is 0 Å². The minimum Gasteiger partial charge on any atom is -0.264 e. The Bertz CT molecular complexity index is 132. The average Bonchev–Trinajstić information content (AvgIpc) is 1.88. The zero-order valence-electron chi connectivity index (χ0n) is 5.62. The van der Waals surface area contributed by atoms with Gasteiger partial charge in [0.1, 0.15) is 0 Å². The van der Waals surface area contributed by atoms with E-state index in [1.54, 1.807) is 0 Å². The summed E-state index contributed by atoms with van der Waals surface area (Å²) in [6.45, 7) is 0. The predicted octanol–water partition coefficient (Wildman–Crippen LogP) is 1.81. The van der Waals surface area contributed by atoms with Crippen molar-refractivity contribution in [3.8, 4) is 0 Å². The van der Waals surface area contributed by atoms with Crippen LogP contribution < -0.4 is 0 Å². The molecule has 0 heterocycles. The Morgan fingerprint density at radius 3 is 2.20 bits per heavy atom. The Hall–Kier alpha value is -0.310. The topological polar surface area (TPSA) is 43.1 Å². The normalized spacial score (nSPS) is 33.7. The lowest BCUT2D eigenvalue weighted by Crippen LogP contribution is -2.26. The number of rotatable bonds is 1. The fourth-order valence-electron chi connectivity index (χ4n) is 1.25. The van der Waals surface area contributed by atoms with Crippen LogP contribution in [0.25, 0.3) is 0 Å². The van der Waals surface area contributed by atoms with Crippen LogP contribution in [0.15, 0.2) is 0 Å². The molecule has 4 heteroatoms. The largest absolute Gasteiger partial charge is 0.264 e. The standard InChI is InChI=1S/C6H10ClNO2/c7-5-1-3-6(4-2-5)8(9)10/h5-6H,1-4H2/t5-,6+. The lowest BCUT2D eigenvalue weighted by atomic mass is 9.96. The summed E-state index contributed by atoms with van der Waals surface area (Å²) in [5.41, 5.74) is 0. The molecule has 0 aromatic rings. The number of alkyl halides is 1. The summed E-state index contributed by atoms with van der Waals surface area (Å²) < 4.78 is 0. The van der Waals surface area contributed by atoms with E-state index in [4.69, 9.17) is 11.6 Å². The van der Waals surface area contributed by atoms with Gasteiger partial charge in [-0.3, -0.25) is 10.1 Å². The quantitative estimate of drug-likeness (QED) is 0.336. The van der Waals surface area contributed by atoms with Gasteiger partial charge in [0.15, 0.2) is 0 Å². The van der Waals surface area contributed by atoms with Crippen LogP contribution in [0.2, 0.25) is 0 Å². The number of hydrogen-bond donors (Lipinski definition) is 0. The van der Waals surface area contributed by atoms with E-state index in [-0.39, 0.29) is 16.3 Å². The molecule has 0 spiro atoms. The predicted molar refractivity (Wildman–Crippen MR) is 38.9 cm³/mol. The van der Waals surface area contributed by atoms with Crippen molar-refractivity contribution in [3.63, 3.8) is 0 Å². The van der Waals surface area contributed by atoms with Crippen LogP contribution in [0.4, 0.5) is 0 Å². The second-order valence-electron chi connectivity index (χ2n) is 2.69. The monoisotopic (exact) mass is 163 g/mol. The van der Waals surface area contributed by atoms with Crippen LogP contribution in [0.3, 0.4) is 0 Å². The molecule has 10 heavy (non-hydrogen) atoms. The highest BCUT2D eigenvalue weighted by atomic mass is 35.5. The first kappa shape index (κ1) is 7.79. The van der Waals surface area contributed by atoms with Gasteiger partial charge in [-0.1, -0.05) is 0 Å². The van der Waals surface area contributed by atoms with Gasteiger partial charge in [0, 0.05) is 23.1 Å². The number of hydrogen-bond acceptors (Lipinski definition) is 2. The van der Waals surface area contributed by atoms with Gasteiger partial charge in [-0.15, -0.1) is 11.6 Å². The summed E-state index contributed by atoms with van der Waals surface area (Å²) in [5, 5.41) is 10.4. The fourth-order valence-corrected chi connectivity index (χ4v) is 1.50. The minimum absolute atomic E-state index is 0.177. The Morgan fingerprint density at radius 2 is 1.80 bits per heavy atom. The zero-order valence-corrected chi connectivity index (χ0v) is 6.38. The highest BCUT2D eigenvalue weighted by Gasteiger charge is 2.26. The highest BCUT2D eigenvalue weighted by Crippen LogP contribution is 2.24. The molecule has 1 fully saturated rings. The first-order chi connectivity index (χ1) is 4.70. The van der Waals surface area contributed by atoms with Gasteiger partial charge in [0.2, 0.25) is 6.04 Å². The van der Waals surface area contributed by atoms with Crippen molar-refractivity contribution >= 4 is 11.6 Å². The third kappa shape index (κ3) is 1.84. The summed E-state index contributed by atoms with van der Waals surface area (Å²) in [6, 6.07) is -0.324. The second-order valence-corrected chi connectivity index (χ2v) is 3.31. The summed E-state index contributed by atoms with van der Waals surface area (Å²) in [5.74, 6) is 0. The molecule has 0 aromatic carbocycles. The fraction of sp³-hybridized carbons (Fsp3) is 1.00. The van der Waals surface area contributed by atoms with Crippen molar-refractivity contribution in [1.82, 2.24) is 0 Å². The summed E-state index contributed by atoms with van der Waals surface area (Å²) in [6.07, 6.45) is 2.91. The molecular weight excluding hydrogens is 154 g/mol. The van der Waals surface area contributed by atoms with Crippen LogP contribution in [0.5, 0.6) is 0 Å². The van der Waals surface area contributed by atoms with Crippen molar-refractivity contribution in [1.29, 1.82) is 0 Å². The average molecular weight is 164 g/mol. The lowest BCUT2D eigenvalue weighted by molar-refractivity contribution is -0.526. The lowest BCUT2D eigenvalue weighted by Gasteiger charge is -2.18. The van der Waals surface area contributed by atoms with Crippen molar-refractivity contribution in [3.05, 3.63) is 10.1 Å². The molecule has 0 amide bonds. The van der Waals surface area contributed by atoms with Gasteiger partial charge in [-0.25, -0.2) is 0 Å². The van der Waals surface area contributed by atoms with Gasteiger partial charge in [-0.2, -0.15) is 0 Å². The van der Waals surface area contributed by atoms with E-state index in [9.17, 15) is 10.1 Å². The molecule has 0 atom stereocenters. The van der Waals surface area contributed by atoms with Crippen molar-refractivity contribution in [2.45, 2.75) is 37.1 Å². The highest BCUT2D eigenvalue weighted by molar-refractivity contribution is 6.20. The van der Waals surface area contributed by atoms with E-state index in [0.29, 0.717) is 12.8 Å². The molecule has 1 aliphatic rings. The molecule has 0 saturated heterocycles. The molecule has 3 nitrogen and oxygen atoms in total. The second kappa shape index (κ2) is 3.19. The Balaban J connectivity index is 2.33. The number of halogens is 1. The van der Waals surface area contributed by atoms with Gasteiger partial charge in [0.25, 0.3) is 0 Å². The Morgan fingerprint density at radius 1 is 1.30 bits per heavy atom. The summed E-state index contributed by atoms with van der Waals surface area (Å²) >= 11 is 5.76. The number of nitro groups is 1. The van der Waals surface area contributed by atoms with Gasteiger partial charge in [0.05, 0.1) is 0 Å². The summed E-state index contributed by atoms with van der Waals surface area (Å²) in [4.78, 5) is 10.0. The molecule has 1 saturated carbocycles. The van der Waals surface area contributed by atoms with Crippen LogP contribution in [-0.4, -0.2) is 16.3 Å². The first-order valence-corrected chi connectivity index (χ1v) is 3.91. The SMILES string of the molecule is O=[N+]([O-])[C@H]1CC[C@@H](Cl)CC1. The maximum Gasteiger partial charge on any atom is 0.213 e. The molecule has 1 aliphatic carbocycles. The van der Waals surface area contributed by atoms with E-state index in [1.807, 2.05) is 0 Å². The van der Waals surface area contributed by atoms with Crippen LogP contribution in [0, 0.1) is 10.1 Å². The summed E-state index contributed by atoms with van der Waals surface area (Å²) in [7, 11) is 0.